The fourth-order valence-electron chi connectivity index (χ4n) is 4.53. The first-order chi connectivity index (χ1) is 19.7. The lowest BCUT2D eigenvalue weighted by molar-refractivity contribution is -0.136. The van der Waals surface area contributed by atoms with E-state index in [2.05, 4.69) is 0 Å². The Morgan fingerprint density at radius 1 is 0.756 bits per heavy atom. The Morgan fingerprint density at radius 3 is 1.83 bits per heavy atom. The van der Waals surface area contributed by atoms with Crippen LogP contribution < -0.4 is 14.2 Å². The van der Waals surface area contributed by atoms with Crippen LogP contribution in [-0.4, -0.2) is 32.8 Å². The Balaban J connectivity index is 1.52. The van der Waals surface area contributed by atoms with E-state index in [1.54, 1.807) is 95.6 Å². The first-order valence-corrected chi connectivity index (χ1v) is 13.2. The highest BCUT2D eigenvalue weighted by Crippen LogP contribution is 2.35. The van der Waals surface area contributed by atoms with Crippen LogP contribution in [-0.2, 0) is 11.2 Å². The van der Waals surface area contributed by atoms with E-state index in [0.717, 1.165) is 0 Å². The number of hydrogen-bond acceptors (Lipinski definition) is 5. The molecule has 0 unspecified atom stereocenters. The number of carboxylic acid groups (broad SMARTS) is 2. The number of halogens is 1. The van der Waals surface area contributed by atoms with Gasteiger partial charge in [0.15, 0.2) is 0 Å². The number of carboxylic acids is 2. The number of ether oxygens (including phenoxy) is 3. The molecule has 4 aromatic carbocycles. The van der Waals surface area contributed by atoms with Crippen molar-refractivity contribution >= 4 is 34.4 Å². The highest BCUT2D eigenvalue weighted by Gasteiger charge is 2.25. The summed E-state index contributed by atoms with van der Waals surface area (Å²) in [5, 5.41) is 20.8. The molecule has 2 N–H and O–H groups in total. The number of aromatic nitrogens is 1. The van der Waals surface area contributed by atoms with Crippen LogP contribution in [0.4, 0.5) is 0 Å². The molecule has 0 atom stereocenters. The van der Waals surface area contributed by atoms with E-state index >= 15 is 0 Å². The molecule has 0 saturated carbocycles. The zero-order valence-electron chi connectivity index (χ0n) is 22.2. The van der Waals surface area contributed by atoms with Crippen molar-refractivity contribution in [1.29, 1.82) is 0 Å². The summed E-state index contributed by atoms with van der Waals surface area (Å²) < 4.78 is 19.2. The monoisotopic (exact) mass is 571 g/mol. The lowest BCUT2D eigenvalue weighted by Crippen LogP contribution is -2.11. The summed E-state index contributed by atoms with van der Waals surface area (Å²) in [7, 11) is 0. The number of benzene rings is 4. The van der Waals surface area contributed by atoms with Crippen molar-refractivity contribution in [2.45, 2.75) is 26.4 Å². The summed E-state index contributed by atoms with van der Waals surface area (Å²) in [6.07, 6.45) is -0.456. The van der Waals surface area contributed by atoms with E-state index in [9.17, 15) is 19.8 Å². The highest BCUT2D eigenvalue weighted by molar-refractivity contribution is 6.30. The Kier molecular flexibility index (Phi) is 7.85. The lowest BCUT2D eigenvalue weighted by Gasteiger charge is -2.12. The van der Waals surface area contributed by atoms with Crippen LogP contribution in [0.1, 0.15) is 29.9 Å². The maximum Gasteiger partial charge on any atom is 0.338 e. The molecule has 5 aromatic rings. The van der Waals surface area contributed by atoms with Gasteiger partial charge in [-0.15, -0.1) is 0 Å². The predicted octanol–water partition coefficient (Wildman–Crippen LogP) is 7.98. The number of rotatable bonds is 10. The molecule has 0 spiro atoms. The van der Waals surface area contributed by atoms with Crippen LogP contribution in [0.2, 0.25) is 5.02 Å². The molecule has 5 rings (SSSR count). The Morgan fingerprint density at radius 2 is 1.27 bits per heavy atom. The van der Waals surface area contributed by atoms with Crippen molar-refractivity contribution in [3.8, 4) is 34.4 Å². The van der Waals surface area contributed by atoms with Crippen molar-refractivity contribution in [3.63, 3.8) is 0 Å². The van der Waals surface area contributed by atoms with Gasteiger partial charge in [-0.25, -0.2) is 4.79 Å². The van der Waals surface area contributed by atoms with E-state index in [-0.39, 0.29) is 17.4 Å². The molecule has 0 amide bonds. The number of nitrogens with zero attached hydrogens (tertiary/aromatic N) is 1. The molecule has 0 aliphatic heterocycles. The first-order valence-electron chi connectivity index (χ1n) is 12.8. The van der Waals surface area contributed by atoms with Crippen LogP contribution in [0.25, 0.3) is 16.6 Å². The molecule has 0 aliphatic carbocycles. The standard InChI is InChI=1S/C32H26ClNO7/c1-19(2)39-22-11-13-25(14-12-22)41-26-15-16-28-27(17-26)31(32(37)38)29(18-30(35)36)34(28)21-5-9-24(10-6-21)40-23-7-3-20(33)4-8-23/h3-17,19H,18H2,1-2H3,(H,35,36)(H,37,38). The third-order valence-electron chi connectivity index (χ3n) is 6.14. The van der Waals surface area contributed by atoms with Gasteiger partial charge in [0.25, 0.3) is 0 Å². The van der Waals surface area contributed by atoms with E-state index in [0.29, 0.717) is 50.4 Å². The highest BCUT2D eigenvalue weighted by atomic mass is 35.5. The summed E-state index contributed by atoms with van der Waals surface area (Å²) >= 11 is 5.94. The molecule has 0 bridgehead atoms. The SMILES string of the molecule is CC(C)Oc1ccc(Oc2ccc3c(c2)c(C(=O)O)c(CC(=O)O)n3-c2ccc(Oc3ccc(Cl)cc3)cc2)cc1. The maximum atomic E-state index is 12.4. The van der Waals surface area contributed by atoms with Crippen molar-refractivity contribution in [2.24, 2.45) is 0 Å². The van der Waals surface area contributed by atoms with Crippen molar-refractivity contribution in [2.75, 3.05) is 0 Å². The van der Waals surface area contributed by atoms with Gasteiger partial charge < -0.3 is 29.0 Å². The minimum absolute atomic E-state index is 0.0369. The van der Waals surface area contributed by atoms with Crippen molar-refractivity contribution in [1.82, 2.24) is 4.57 Å². The molecule has 9 heteroatoms. The number of hydrogen-bond donors (Lipinski definition) is 2. The van der Waals surface area contributed by atoms with Crippen molar-refractivity contribution in [3.05, 3.63) is 107 Å². The van der Waals surface area contributed by atoms with Gasteiger partial charge in [-0.05, 0) is 105 Å². The quantitative estimate of drug-likeness (QED) is 0.175. The van der Waals surface area contributed by atoms with Gasteiger partial charge in [0.2, 0.25) is 0 Å². The molecule has 208 valence electrons. The molecule has 0 fully saturated rings. The van der Waals surface area contributed by atoms with Gasteiger partial charge in [-0.2, -0.15) is 0 Å². The Bertz CT molecular complexity index is 1710. The molecular weight excluding hydrogens is 546 g/mol. The molecule has 1 aromatic heterocycles. The van der Waals surface area contributed by atoms with Crippen LogP contribution >= 0.6 is 11.6 Å². The summed E-state index contributed by atoms with van der Waals surface area (Å²) in [4.78, 5) is 24.3. The second-order valence-corrected chi connectivity index (χ2v) is 9.94. The van der Waals surface area contributed by atoms with Gasteiger partial charge in [0.1, 0.15) is 28.7 Å². The smallest absolute Gasteiger partial charge is 0.338 e. The molecule has 0 saturated heterocycles. The second kappa shape index (κ2) is 11.7. The Hall–Kier alpha value is -4.95. The molecular formula is C32H26ClNO7. The van der Waals surface area contributed by atoms with Crippen LogP contribution in [0, 0.1) is 0 Å². The summed E-state index contributed by atoms with van der Waals surface area (Å²) in [5.41, 5.74) is 1.14. The number of carbonyl (C=O) groups is 2. The topological polar surface area (TPSA) is 107 Å². The predicted molar refractivity (Wildman–Crippen MR) is 155 cm³/mol. The van der Waals surface area contributed by atoms with Gasteiger partial charge in [0.05, 0.1) is 23.6 Å². The lowest BCUT2D eigenvalue weighted by atomic mass is 10.1. The Labute approximate surface area is 240 Å². The van der Waals surface area contributed by atoms with E-state index < -0.39 is 18.4 Å². The van der Waals surface area contributed by atoms with Crippen LogP contribution in [0.15, 0.2) is 91.0 Å². The summed E-state index contributed by atoms with van der Waals surface area (Å²) in [5.74, 6) is 0.409. The first kappa shape index (κ1) is 27.6. The molecule has 0 aliphatic rings. The number of fused-ring (bicyclic) bond motifs is 1. The summed E-state index contributed by atoms with van der Waals surface area (Å²) in [6.45, 7) is 3.88. The summed E-state index contributed by atoms with van der Waals surface area (Å²) in [6, 6.07) is 26.0. The van der Waals surface area contributed by atoms with Crippen molar-refractivity contribution < 1.29 is 34.0 Å². The number of aromatic carboxylic acids is 1. The van der Waals surface area contributed by atoms with Gasteiger partial charge in [0, 0.05) is 21.8 Å². The van der Waals surface area contributed by atoms with E-state index in [4.69, 9.17) is 25.8 Å². The van der Waals surface area contributed by atoms with E-state index in [1.165, 1.54) is 0 Å². The largest absolute Gasteiger partial charge is 0.491 e. The second-order valence-electron chi connectivity index (χ2n) is 9.50. The zero-order chi connectivity index (χ0) is 29.1. The van der Waals surface area contributed by atoms with Crippen LogP contribution in [0.5, 0.6) is 28.7 Å². The zero-order valence-corrected chi connectivity index (χ0v) is 23.0. The minimum atomic E-state index is -1.24. The molecule has 0 radical (unpaired) electrons. The fraction of sp³-hybridized carbons (Fsp3) is 0.125. The molecule has 41 heavy (non-hydrogen) atoms. The molecule has 8 nitrogen and oxygen atoms in total. The number of aliphatic carboxylic acids is 1. The third kappa shape index (κ3) is 6.28. The average Bonchev–Trinajstić information content (AvgIpc) is 3.24. The van der Waals surface area contributed by atoms with Gasteiger partial charge in [-0.1, -0.05) is 11.6 Å². The van der Waals surface area contributed by atoms with E-state index in [1.807, 2.05) is 13.8 Å². The van der Waals surface area contributed by atoms with Gasteiger partial charge >= 0.3 is 11.9 Å². The maximum absolute atomic E-state index is 12.4. The fourth-order valence-corrected chi connectivity index (χ4v) is 4.65. The minimum Gasteiger partial charge on any atom is -0.491 e. The average molecular weight is 572 g/mol. The van der Waals surface area contributed by atoms with Gasteiger partial charge in [-0.3, -0.25) is 4.79 Å². The normalized spacial score (nSPS) is 11.0. The molecule has 1 heterocycles. The third-order valence-corrected chi connectivity index (χ3v) is 6.40. The van der Waals surface area contributed by atoms with Crippen LogP contribution in [0.3, 0.4) is 0 Å².